The van der Waals surface area contributed by atoms with Crippen molar-refractivity contribution < 1.29 is 13.6 Å². The van der Waals surface area contributed by atoms with Gasteiger partial charge < -0.3 is 10.2 Å². The summed E-state index contributed by atoms with van der Waals surface area (Å²) in [5, 5.41) is 11.3. The largest absolute Gasteiger partial charge is 0.355 e. The molecule has 100 valence electrons. The molecule has 0 aliphatic carbocycles. The molecule has 4 nitrogen and oxygen atoms in total. The van der Waals surface area contributed by atoms with Crippen molar-refractivity contribution in [2.45, 2.75) is 19.4 Å². The predicted molar refractivity (Wildman–Crippen MR) is 65.5 cm³/mol. The minimum Gasteiger partial charge on any atom is -0.355 e. The van der Waals surface area contributed by atoms with Crippen molar-refractivity contribution in [2.75, 3.05) is 18.0 Å². The van der Waals surface area contributed by atoms with E-state index in [1.807, 2.05) is 0 Å². The van der Waals surface area contributed by atoms with Crippen LogP contribution in [0.2, 0.25) is 0 Å². The second-order valence-corrected chi connectivity index (χ2v) is 4.28. The molecule has 19 heavy (non-hydrogen) atoms. The molecule has 1 unspecified atom stereocenters. The standard InChI is InChI=1S/C13H13F2N3O/c1-2-9-13(19)17-5-6-18(9)10-4-3-8(7-16)11(14)12(10)15/h3-4,9H,2,5-6H2,1H3,(H,17,19). The van der Waals surface area contributed by atoms with Gasteiger partial charge in [0.25, 0.3) is 0 Å². The summed E-state index contributed by atoms with van der Waals surface area (Å²) in [4.78, 5) is 13.2. The Morgan fingerprint density at radius 2 is 2.21 bits per heavy atom. The Bertz CT molecular complexity index is 554. The molecular formula is C13H13F2N3O. The van der Waals surface area contributed by atoms with Gasteiger partial charge in [0.1, 0.15) is 12.1 Å². The zero-order valence-corrected chi connectivity index (χ0v) is 10.4. The third-order valence-corrected chi connectivity index (χ3v) is 3.21. The highest BCUT2D eigenvalue weighted by Gasteiger charge is 2.30. The number of nitrogens with zero attached hydrogens (tertiary/aromatic N) is 2. The number of benzene rings is 1. The quantitative estimate of drug-likeness (QED) is 0.882. The molecule has 0 bridgehead atoms. The first-order valence-electron chi connectivity index (χ1n) is 6.02. The number of carbonyl (C=O) groups is 1. The molecule has 1 atom stereocenters. The van der Waals surface area contributed by atoms with Gasteiger partial charge in [-0.2, -0.15) is 5.26 Å². The van der Waals surface area contributed by atoms with Gasteiger partial charge in [-0.15, -0.1) is 0 Å². The number of rotatable bonds is 2. The SMILES string of the molecule is CCC1C(=O)NCCN1c1ccc(C#N)c(F)c1F. The average Bonchev–Trinajstić information content (AvgIpc) is 2.41. The summed E-state index contributed by atoms with van der Waals surface area (Å²) in [6.07, 6.45) is 0.493. The van der Waals surface area contributed by atoms with Crippen molar-refractivity contribution in [3.8, 4) is 6.07 Å². The third kappa shape index (κ3) is 2.24. The Morgan fingerprint density at radius 1 is 1.47 bits per heavy atom. The predicted octanol–water partition coefficient (Wildman–Crippen LogP) is 1.55. The van der Waals surface area contributed by atoms with Crippen LogP contribution in [0.1, 0.15) is 18.9 Å². The first-order chi connectivity index (χ1) is 9.10. The van der Waals surface area contributed by atoms with E-state index in [-0.39, 0.29) is 17.2 Å². The van der Waals surface area contributed by atoms with Crippen LogP contribution in [0, 0.1) is 23.0 Å². The molecule has 1 aliphatic rings. The Morgan fingerprint density at radius 3 is 2.84 bits per heavy atom. The van der Waals surface area contributed by atoms with E-state index in [1.165, 1.54) is 12.1 Å². The van der Waals surface area contributed by atoms with Gasteiger partial charge in [-0.1, -0.05) is 6.92 Å². The molecule has 1 heterocycles. The Labute approximate surface area is 109 Å². The first-order valence-corrected chi connectivity index (χ1v) is 6.02. The lowest BCUT2D eigenvalue weighted by molar-refractivity contribution is -0.123. The molecule has 1 N–H and O–H groups in total. The number of amides is 1. The zero-order chi connectivity index (χ0) is 14.0. The van der Waals surface area contributed by atoms with Crippen molar-refractivity contribution in [1.82, 2.24) is 5.32 Å². The minimum absolute atomic E-state index is 0.0261. The van der Waals surface area contributed by atoms with Gasteiger partial charge >= 0.3 is 0 Å². The maximum Gasteiger partial charge on any atom is 0.242 e. The smallest absolute Gasteiger partial charge is 0.242 e. The highest BCUT2D eigenvalue weighted by atomic mass is 19.2. The summed E-state index contributed by atoms with van der Waals surface area (Å²) in [7, 11) is 0. The Kier molecular flexibility index (Phi) is 3.65. The molecular weight excluding hydrogens is 252 g/mol. The van der Waals surface area contributed by atoms with Gasteiger partial charge in [0.05, 0.1) is 11.3 Å². The van der Waals surface area contributed by atoms with Crippen molar-refractivity contribution >= 4 is 11.6 Å². The molecule has 1 amide bonds. The fourth-order valence-electron chi connectivity index (χ4n) is 2.26. The summed E-state index contributed by atoms with van der Waals surface area (Å²) < 4.78 is 27.6. The summed E-state index contributed by atoms with van der Waals surface area (Å²) >= 11 is 0. The van der Waals surface area contributed by atoms with Crippen molar-refractivity contribution in [2.24, 2.45) is 0 Å². The number of halogens is 2. The van der Waals surface area contributed by atoms with E-state index in [9.17, 15) is 13.6 Å². The molecule has 1 saturated heterocycles. The Balaban J connectivity index is 2.44. The summed E-state index contributed by atoms with van der Waals surface area (Å²) in [6, 6.07) is 3.64. The number of carbonyl (C=O) groups excluding carboxylic acids is 1. The van der Waals surface area contributed by atoms with Crippen LogP contribution in [0.5, 0.6) is 0 Å². The maximum absolute atomic E-state index is 14.0. The van der Waals surface area contributed by atoms with E-state index < -0.39 is 17.7 Å². The lowest BCUT2D eigenvalue weighted by atomic mass is 10.1. The molecule has 0 saturated carbocycles. The van der Waals surface area contributed by atoms with Crippen LogP contribution < -0.4 is 10.2 Å². The lowest BCUT2D eigenvalue weighted by Crippen LogP contribution is -2.55. The van der Waals surface area contributed by atoms with Crippen molar-refractivity contribution in [1.29, 1.82) is 5.26 Å². The van der Waals surface area contributed by atoms with E-state index in [2.05, 4.69) is 5.32 Å². The number of hydrogen-bond acceptors (Lipinski definition) is 3. The molecule has 0 spiro atoms. The zero-order valence-electron chi connectivity index (χ0n) is 10.4. The molecule has 1 fully saturated rings. The van der Waals surface area contributed by atoms with Crippen molar-refractivity contribution in [3.63, 3.8) is 0 Å². The van der Waals surface area contributed by atoms with Crippen LogP contribution >= 0.6 is 0 Å². The van der Waals surface area contributed by atoms with E-state index in [1.54, 1.807) is 17.9 Å². The van der Waals surface area contributed by atoms with E-state index in [4.69, 9.17) is 5.26 Å². The van der Waals surface area contributed by atoms with Crippen LogP contribution in [0.4, 0.5) is 14.5 Å². The third-order valence-electron chi connectivity index (χ3n) is 3.21. The monoisotopic (exact) mass is 265 g/mol. The Hall–Kier alpha value is -2.16. The molecule has 1 aromatic carbocycles. The van der Waals surface area contributed by atoms with Gasteiger partial charge in [0.2, 0.25) is 5.91 Å². The van der Waals surface area contributed by atoms with E-state index >= 15 is 0 Å². The molecule has 6 heteroatoms. The average molecular weight is 265 g/mol. The minimum atomic E-state index is -1.17. The number of piperazine rings is 1. The summed E-state index contributed by atoms with van der Waals surface area (Å²) in [5.74, 6) is -2.44. The van der Waals surface area contributed by atoms with Gasteiger partial charge in [0.15, 0.2) is 11.6 Å². The topological polar surface area (TPSA) is 56.1 Å². The van der Waals surface area contributed by atoms with Crippen LogP contribution in [0.15, 0.2) is 12.1 Å². The second kappa shape index (κ2) is 5.22. The lowest BCUT2D eigenvalue weighted by Gasteiger charge is -2.36. The molecule has 1 aromatic rings. The first kappa shape index (κ1) is 13.3. The number of nitriles is 1. The number of nitrogens with one attached hydrogen (secondary N) is 1. The van der Waals surface area contributed by atoms with Gasteiger partial charge in [-0.25, -0.2) is 8.78 Å². The molecule has 2 rings (SSSR count). The normalized spacial score (nSPS) is 18.9. The second-order valence-electron chi connectivity index (χ2n) is 4.28. The van der Waals surface area contributed by atoms with Gasteiger partial charge in [0, 0.05) is 13.1 Å². The molecule has 0 radical (unpaired) electrons. The fraction of sp³-hybridized carbons (Fsp3) is 0.385. The molecule has 0 aromatic heterocycles. The van der Waals surface area contributed by atoms with Crippen LogP contribution in [-0.4, -0.2) is 25.0 Å². The number of anilines is 1. The van der Waals surface area contributed by atoms with Crippen LogP contribution in [-0.2, 0) is 4.79 Å². The van der Waals surface area contributed by atoms with E-state index in [0.717, 1.165) is 0 Å². The fourth-order valence-corrected chi connectivity index (χ4v) is 2.26. The highest BCUT2D eigenvalue weighted by Crippen LogP contribution is 2.27. The maximum atomic E-state index is 14.0. The van der Waals surface area contributed by atoms with Crippen LogP contribution in [0.3, 0.4) is 0 Å². The highest BCUT2D eigenvalue weighted by molar-refractivity contribution is 5.86. The summed E-state index contributed by atoms with van der Waals surface area (Å²) in [6.45, 7) is 2.60. The van der Waals surface area contributed by atoms with Crippen LogP contribution in [0.25, 0.3) is 0 Å². The summed E-state index contributed by atoms with van der Waals surface area (Å²) in [5.41, 5.74) is -0.311. The van der Waals surface area contributed by atoms with Gasteiger partial charge in [-0.3, -0.25) is 4.79 Å². The molecule has 1 aliphatic heterocycles. The van der Waals surface area contributed by atoms with Crippen molar-refractivity contribution in [3.05, 3.63) is 29.3 Å². The van der Waals surface area contributed by atoms with Gasteiger partial charge in [-0.05, 0) is 18.6 Å². The van der Waals surface area contributed by atoms with E-state index in [0.29, 0.717) is 19.5 Å². The number of hydrogen-bond donors (Lipinski definition) is 1.